The van der Waals surface area contributed by atoms with Crippen LogP contribution in [0.1, 0.15) is 0 Å². The number of hydrogen-bond donors (Lipinski definition) is 2. The zero-order valence-electron chi connectivity index (χ0n) is 9.95. The van der Waals surface area contributed by atoms with Gasteiger partial charge in [0.25, 0.3) is 0 Å². The Hall–Kier alpha value is -1.20. The largest absolute Gasteiger partial charge is 0.382 e. The molecule has 3 nitrogen and oxygen atoms in total. The smallest absolute Gasteiger partial charge is 0.153 e. The van der Waals surface area contributed by atoms with E-state index in [-0.39, 0.29) is 0 Å². The van der Waals surface area contributed by atoms with Crippen LogP contribution in [0.2, 0.25) is 14.4 Å². The van der Waals surface area contributed by atoms with Crippen molar-refractivity contribution < 1.29 is 0 Å². The number of anilines is 1. The van der Waals surface area contributed by atoms with Gasteiger partial charge in [-0.05, 0) is 24.3 Å². The molecule has 1 aromatic carbocycles. The van der Waals surface area contributed by atoms with Crippen molar-refractivity contribution in [3.05, 3.63) is 44.7 Å². The summed E-state index contributed by atoms with van der Waals surface area (Å²) in [7, 11) is 0. The molecule has 2 aromatic heterocycles. The van der Waals surface area contributed by atoms with E-state index in [9.17, 15) is 0 Å². The second-order valence-corrected chi connectivity index (χ2v) is 6.59. The topological polar surface area (TPSA) is 54.7 Å². The Morgan fingerprint density at radius 2 is 1.70 bits per heavy atom. The van der Waals surface area contributed by atoms with Gasteiger partial charge in [-0.15, -0.1) is 11.3 Å². The molecule has 0 radical (unpaired) electrons. The molecule has 0 fully saturated rings. The number of nitrogens with two attached hydrogens (primary N) is 1. The molecule has 0 atom stereocenters. The van der Waals surface area contributed by atoms with E-state index in [4.69, 9.17) is 40.5 Å². The van der Waals surface area contributed by atoms with E-state index in [2.05, 4.69) is 10.2 Å². The highest BCUT2D eigenvalue weighted by atomic mass is 35.5. The summed E-state index contributed by atoms with van der Waals surface area (Å²) in [5.74, 6) is 0.347. The monoisotopic (exact) mass is 343 g/mol. The van der Waals surface area contributed by atoms with E-state index in [1.807, 2.05) is 12.1 Å². The highest BCUT2D eigenvalue weighted by molar-refractivity contribution is 7.19. The fourth-order valence-corrected chi connectivity index (χ4v) is 3.60. The van der Waals surface area contributed by atoms with E-state index in [1.54, 1.807) is 18.2 Å². The van der Waals surface area contributed by atoms with Gasteiger partial charge in [0.1, 0.15) is 0 Å². The molecule has 3 rings (SSSR count). The molecule has 3 N–H and O–H groups in total. The van der Waals surface area contributed by atoms with Crippen LogP contribution in [0.5, 0.6) is 0 Å². The van der Waals surface area contributed by atoms with E-state index in [0.29, 0.717) is 31.3 Å². The van der Waals surface area contributed by atoms with Gasteiger partial charge in [-0.2, -0.15) is 5.10 Å². The predicted molar refractivity (Wildman–Crippen MR) is 86.8 cm³/mol. The van der Waals surface area contributed by atoms with Gasteiger partial charge in [0.05, 0.1) is 30.5 Å². The minimum absolute atomic E-state index is 0.347. The van der Waals surface area contributed by atoms with Crippen molar-refractivity contribution in [3.8, 4) is 21.7 Å². The van der Waals surface area contributed by atoms with Gasteiger partial charge < -0.3 is 5.73 Å². The zero-order valence-corrected chi connectivity index (χ0v) is 13.0. The van der Waals surface area contributed by atoms with Gasteiger partial charge in [0, 0.05) is 5.56 Å². The Balaban J connectivity index is 2.27. The molecular formula is C13H8Cl3N3S. The van der Waals surface area contributed by atoms with Crippen LogP contribution in [0.25, 0.3) is 21.7 Å². The van der Waals surface area contributed by atoms with Crippen LogP contribution in [0.15, 0.2) is 30.3 Å². The minimum atomic E-state index is 0.347. The van der Waals surface area contributed by atoms with Gasteiger partial charge in [-0.3, -0.25) is 5.10 Å². The summed E-state index contributed by atoms with van der Waals surface area (Å²) in [5, 5.41) is 8.02. The van der Waals surface area contributed by atoms with Crippen LogP contribution in [-0.2, 0) is 0 Å². The molecule has 3 aromatic rings. The summed E-state index contributed by atoms with van der Waals surface area (Å²) >= 11 is 19.9. The molecule has 0 spiro atoms. The second-order valence-electron chi connectivity index (χ2n) is 4.06. The number of nitrogens with zero attached hydrogens (tertiary/aromatic N) is 1. The lowest BCUT2D eigenvalue weighted by Gasteiger charge is -2.07. The molecule has 102 valence electrons. The number of H-pyrrole nitrogens is 1. The first kappa shape index (κ1) is 13.8. The van der Waals surface area contributed by atoms with Crippen molar-refractivity contribution in [1.29, 1.82) is 0 Å². The Morgan fingerprint density at radius 3 is 2.30 bits per heavy atom. The lowest BCUT2D eigenvalue weighted by atomic mass is 10.0. The summed E-state index contributed by atoms with van der Waals surface area (Å²) in [6.07, 6.45) is 0. The summed E-state index contributed by atoms with van der Waals surface area (Å²) in [6.45, 7) is 0. The van der Waals surface area contributed by atoms with Gasteiger partial charge in [-0.1, -0.05) is 40.9 Å². The van der Waals surface area contributed by atoms with Crippen LogP contribution in [0.3, 0.4) is 0 Å². The normalized spacial score (nSPS) is 10.9. The van der Waals surface area contributed by atoms with Gasteiger partial charge in [0.15, 0.2) is 5.82 Å². The van der Waals surface area contributed by atoms with Crippen LogP contribution in [0.4, 0.5) is 5.82 Å². The lowest BCUT2D eigenvalue weighted by molar-refractivity contribution is 1.11. The van der Waals surface area contributed by atoms with E-state index in [0.717, 1.165) is 10.6 Å². The molecule has 0 aliphatic heterocycles. The van der Waals surface area contributed by atoms with Crippen molar-refractivity contribution in [2.24, 2.45) is 0 Å². The maximum Gasteiger partial charge on any atom is 0.153 e. The average Bonchev–Trinajstić information content (AvgIpc) is 2.97. The van der Waals surface area contributed by atoms with Crippen LogP contribution in [-0.4, -0.2) is 10.2 Å². The Kier molecular flexibility index (Phi) is 3.65. The molecule has 0 bridgehead atoms. The van der Waals surface area contributed by atoms with Crippen molar-refractivity contribution in [2.45, 2.75) is 0 Å². The Labute approximate surface area is 134 Å². The standard InChI is InChI=1S/C13H8Cl3N3S/c14-6-2-1-3-7(15)10(6)11-12(18-19-13(11)17)8-4-5-9(16)20-8/h1-5H,(H3,17,18,19). The van der Waals surface area contributed by atoms with Crippen LogP contribution >= 0.6 is 46.1 Å². The van der Waals surface area contributed by atoms with Crippen LogP contribution < -0.4 is 5.73 Å². The number of aromatic amines is 1. The van der Waals surface area contributed by atoms with Crippen molar-refractivity contribution in [2.75, 3.05) is 5.73 Å². The molecule has 7 heteroatoms. The SMILES string of the molecule is Nc1n[nH]c(-c2ccc(Cl)s2)c1-c1c(Cl)cccc1Cl. The van der Waals surface area contributed by atoms with Crippen molar-refractivity contribution in [1.82, 2.24) is 10.2 Å². The third kappa shape index (κ3) is 2.29. The molecule has 0 saturated carbocycles. The molecule has 2 heterocycles. The molecule has 0 aliphatic rings. The first-order valence-corrected chi connectivity index (χ1v) is 7.57. The molecule has 0 unspecified atom stereocenters. The second kappa shape index (κ2) is 5.30. The maximum atomic E-state index is 6.25. The summed E-state index contributed by atoms with van der Waals surface area (Å²) < 4.78 is 0.685. The number of aromatic nitrogens is 2. The molecular weight excluding hydrogens is 337 g/mol. The fraction of sp³-hybridized carbons (Fsp3) is 0. The van der Waals surface area contributed by atoms with Gasteiger partial charge >= 0.3 is 0 Å². The molecule has 0 aliphatic carbocycles. The number of benzene rings is 1. The first-order valence-electron chi connectivity index (χ1n) is 5.62. The number of nitrogens with one attached hydrogen (secondary N) is 1. The van der Waals surface area contributed by atoms with Gasteiger partial charge in [-0.25, -0.2) is 0 Å². The van der Waals surface area contributed by atoms with E-state index in [1.165, 1.54) is 11.3 Å². The third-order valence-corrected chi connectivity index (χ3v) is 4.71. The Morgan fingerprint density at radius 1 is 1.00 bits per heavy atom. The Bertz CT molecular complexity index is 759. The number of hydrogen-bond acceptors (Lipinski definition) is 3. The third-order valence-electron chi connectivity index (χ3n) is 2.83. The minimum Gasteiger partial charge on any atom is -0.382 e. The molecule has 0 amide bonds. The molecule has 20 heavy (non-hydrogen) atoms. The van der Waals surface area contributed by atoms with Crippen LogP contribution in [0, 0.1) is 0 Å². The van der Waals surface area contributed by atoms with Gasteiger partial charge in [0.2, 0.25) is 0 Å². The average molecular weight is 345 g/mol. The fourth-order valence-electron chi connectivity index (χ4n) is 1.97. The summed E-state index contributed by atoms with van der Waals surface area (Å²) in [4.78, 5) is 0.921. The first-order chi connectivity index (χ1) is 9.58. The predicted octanol–water partition coefficient (Wildman–Crippen LogP) is 5.35. The highest BCUT2D eigenvalue weighted by Crippen LogP contribution is 2.44. The maximum absolute atomic E-state index is 6.25. The van der Waals surface area contributed by atoms with E-state index >= 15 is 0 Å². The number of rotatable bonds is 2. The van der Waals surface area contributed by atoms with E-state index < -0.39 is 0 Å². The molecule has 0 saturated heterocycles. The number of nitrogen functional groups attached to an aromatic ring is 1. The summed E-state index contributed by atoms with van der Waals surface area (Å²) in [5.41, 5.74) is 8.09. The summed E-state index contributed by atoms with van der Waals surface area (Å²) in [6, 6.07) is 9.03. The number of thiophene rings is 1. The van der Waals surface area contributed by atoms with Crippen molar-refractivity contribution in [3.63, 3.8) is 0 Å². The van der Waals surface area contributed by atoms with Crippen molar-refractivity contribution >= 4 is 52.0 Å². The quantitative estimate of drug-likeness (QED) is 0.658. The highest BCUT2D eigenvalue weighted by Gasteiger charge is 2.20. The lowest BCUT2D eigenvalue weighted by Crippen LogP contribution is -1.90. The number of halogens is 3. The zero-order chi connectivity index (χ0) is 14.3.